The molecule has 0 bridgehead atoms. The van der Waals surface area contributed by atoms with E-state index in [1.54, 1.807) is 0 Å². The summed E-state index contributed by atoms with van der Waals surface area (Å²) in [5.74, 6) is 0. The lowest BCUT2D eigenvalue weighted by Crippen LogP contribution is -2.08. The highest BCUT2D eigenvalue weighted by Crippen LogP contribution is 2.32. The molecule has 0 atom stereocenters. The van der Waals surface area contributed by atoms with Crippen molar-refractivity contribution in [1.29, 1.82) is 0 Å². The van der Waals surface area contributed by atoms with Gasteiger partial charge in [-0.25, -0.2) is 0 Å². The summed E-state index contributed by atoms with van der Waals surface area (Å²) >= 11 is 6.03. The summed E-state index contributed by atoms with van der Waals surface area (Å²) in [7, 11) is 0. The van der Waals surface area contributed by atoms with Crippen LogP contribution in [0.3, 0.4) is 0 Å². The second kappa shape index (κ2) is 4.15. The smallest absolute Gasteiger partial charge is 0.0213 e. The Hall–Kier alpha value is -0.350. The van der Waals surface area contributed by atoms with Crippen molar-refractivity contribution in [3.8, 4) is 0 Å². The fourth-order valence-corrected chi connectivity index (χ4v) is 3.40. The van der Waals surface area contributed by atoms with Gasteiger partial charge in [0.25, 0.3) is 0 Å². The molecule has 0 aliphatic heterocycles. The van der Waals surface area contributed by atoms with Crippen LogP contribution in [0.2, 0.25) is 0 Å². The normalized spacial score (nSPS) is 13.1. The number of hydrogen-bond donors (Lipinski definition) is 0. The van der Waals surface area contributed by atoms with Gasteiger partial charge < -0.3 is 0 Å². The van der Waals surface area contributed by atoms with Gasteiger partial charge in [-0.2, -0.15) is 0 Å². The van der Waals surface area contributed by atoms with Crippen molar-refractivity contribution in [3.63, 3.8) is 0 Å². The Morgan fingerprint density at radius 3 is 2.69 bits per heavy atom. The van der Waals surface area contributed by atoms with E-state index in [1.807, 2.05) is 0 Å². The molecule has 0 aromatic heterocycles. The van der Waals surface area contributed by atoms with Crippen LogP contribution in [-0.4, -0.2) is 0 Å². The maximum absolute atomic E-state index is 3.65. The van der Waals surface area contributed by atoms with Gasteiger partial charge in [0.05, 0.1) is 0 Å². The molecule has 0 radical (unpaired) electrons. The number of rotatable bonds is 0. The first kappa shape index (κ1) is 10.8. The van der Waals surface area contributed by atoms with E-state index < -0.39 is 0 Å². The zero-order chi connectivity index (χ0) is 11.1. The van der Waals surface area contributed by atoms with E-state index in [-0.39, 0.29) is 0 Å². The third-order valence-electron chi connectivity index (χ3n) is 3.13. The predicted molar refractivity (Wildman–Crippen MR) is 78.9 cm³/mol. The van der Waals surface area contributed by atoms with Crippen molar-refractivity contribution in [2.75, 3.05) is 0 Å². The van der Waals surface area contributed by atoms with Crippen molar-refractivity contribution < 1.29 is 0 Å². The van der Waals surface area contributed by atoms with Gasteiger partial charge in [-0.1, -0.05) is 34.1 Å². The Bertz CT molecular complexity index is 561. The molecule has 1 aliphatic rings. The van der Waals surface area contributed by atoms with Gasteiger partial charge in [0, 0.05) is 8.04 Å². The SMILES string of the molecule is Brc1cccc2c1Cc1ccc(I)cc1C2. The Kier molecular flexibility index (Phi) is 2.80. The van der Waals surface area contributed by atoms with Crippen LogP contribution in [0.5, 0.6) is 0 Å². The molecule has 0 unspecified atom stereocenters. The quantitative estimate of drug-likeness (QED) is 0.499. The molecule has 80 valence electrons. The minimum absolute atomic E-state index is 1.06. The van der Waals surface area contributed by atoms with Crippen LogP contribution in [-0.2, 0) is 12.8 Å². The topological polar surface area (TPSA) is 0 Å². The Labute approximate surface area is 117 Å². The molecule has 2 heteroatoms. The highest BCUT2D eigenvalue weighted by Gasteiger charge is 2.16. The van der Waals surface area contributed by atoms with Gasteiger partial charge in [0.2, 0.25) is 0 Å². The molecule has 0 saturated heterocycles. The summed E-state index contributed by atoms with van der Waals surface area (Å²) in [6.45, 7) is 0. The van der Waals surface area contributed by atoms with Crippen LogP contribution in [0.4, 0.5) is 0 Å². The fourth-order valence-electron chi connectivity index (χ4n) is 2.29. The van der Waals surface area contributed by atoms with Crippen LogP contribution in [0, 0.1) is 3.57 Å². The van der Waals surface area contributed by atoms with Gasteiger partial charge in [-0.3, -0.25) is 0 Å². The van der Waals surface area contributed by atoms with Crippen LogP contribution >= 0.6 is 38.5 Å². The highest BCUT2D eigenvalue weighted by molar-refractivity contribution is 14.1. The van der Waals surface area contributed by atoms with E-state index in [9.17, 15) is 0 Å². The van der Waals surface area contributed by atoms with Gasteiger partial charge >= 0.3 is 0 Å². The summed E-state index contributed by atoms with van der Waals surface area (Å²) in [6.07, 6.45) is 2.13. The predicted octanol–water partition coefficient (Wildman–Crippen LogP) is 4.55. The van der Waals surface area contributed by atoms with E-state index in [4.69, 9.17) is 0 Å². The average Bonchev–Trinajstić information content (AvgIpc) is 2.27. The molecular formula is C14H10BrI. The minimum Gasteiger partial charge on any atom is -0.0608 e. The van der Waals surface area contributed by atoms with Gasteiger partial charge in [0.15, 0.2) is 0 Å². The molecular weight excluding hydrogens is 375 g/mol. The van der Waals surface area contributed by atoms with Crippen molar-refractivity contribution in [3.05, 3.63) is 66.7 Å². The van der Waals surface area contributed by atoms with Crippen LogP contribution in [0.25, 0.3) is 0 Å². The lowest BCUT2D eigenvalue weighted by atomic mass is 9.86. The molecule has 1 aliphatic carbocycles. The number of halogens is 2. The van der Waals surface area contributed by atoms with Crippen LogP contribution in [0.1, 0.15) is 22.3 Å². The van der Waals surface area contributed by atoms with Crippen LogP contribution in [0.15, 0.2) is 40.9 Å². The average molecular weight is 385 g/mol. The zero-order valence-corrected chi connectivity index (χ0v) is 12.4. The molecule has 16 heavy (non-hydrogen) atoms. The van der Waals surface area contributed by atoms with E-state index in [2.05, 4.69) is 74.9 Å². The van der Waals surface area contributed by atoms with E-state index in [0.717, 1.165) is 12.8 Å². The number of hydrogen-bond acceptors (Lipinski definition) is 0. The summed E-state index contributed by atoms with van der Waals surface area (Å²) < 4.78 is 2.57. The van der Waals surface area contributed by atoms with Gasteiger partial charge in [-0.15, -0.1) is 0 Å². The Morgan fingerprint density at radius 2 is 1.81 bits per heavy atom. The monoisotopic (exact) mass is 384 g/mol. The Balaban J connectivity index is 2.13. The first-order chi connectivity index (χ1) is 7.74. The molecule has 2 aromatic carbocycles. The third kappa shape index (κ3) is 1.82. The molecule has 0 amide bonds. The van der Waals surface area contributed by atoms with Crippen molar-refractivity contribution in [2.24, 2.45) is 0 Å². The molecule has 0 spiro atoms. The largest absolute Gasteiger partial charge is 0.0608 e. The first-order valence-corrected chi connectivity index (χ1v) is 7.15. The molecule has 0 saturated carbocycles. The van der Waals surface area contributed by atoms with E-state index in [0.29, 0.717) is 0 Å². The molecule has 0 nitrogen and oxygen atoms in total. The Morgan fingerprint density at radius 1 is 0.938 bits per heavy atom. The fraction of sp³-hybridized carbons (Fsp3) is 0.143. The third-order valence-corrected chi connectivity index (χ3v) is 4.55. The lowest BCUT2D eigenvalue weighted by molar-refractivity contribution is 0.992. The zero-order valence-electron chi connectivity index (χ0n) is 8.63. The molecule has 0 fully saturated rings. The number of benzene rings is 2. The summed E-state index contributed by atoms with van der Waals surface area (Å²) in [4.78, 5) is 0. The van der Waals surface area contributed by atoms with Crippen molar-refractivity contribution in [1.82, 2.24) is 0 Å². The van der Waals surface area contributed by atoms with E-state index in [1.165, 1.54) is 30.3 Å². The number of fused-ring (bicyclic) bond motifs is 2. The maximum Gasteiger partial charge on any atom is 0.0213 e. The molecule has 0 heterocycles. The van der Waals surface area contributed by atoms with Gasteiger partial charge in [-0.05, 0) is 75.9 Å². The van der Waals surface area contributed by atoms with Crippen molar-refractivity contribution in [2.45, 2.75) is 12.8 Å². The standard InChI is InChI=1S/C14H10BrI/c15-14-3-1-2-10-6-11-7-12(16)5-4-9(11)8-13(10)14/h1-5,7H,6,8H2. The molecule has 2 aromatic rings. The van der Waals surface area contributed by atoms with Gasteiger partial charge in [0.1, 0.15) is 0 Å². The maximum atomic E-state index is 3.65. The van der Waals surface area contributed by atoms with Crippen molar-refractivity contribution >= 4 is 38.5 Å². The lowest BCUT2D eigenvalue weighted by Gasteiger charge is -2.20. The molecule has 0 N–H and O–H groups in total. The first-order valence-electron chi connectivity index (χ1n) is 5.27. The molecule has 3 rings (SSSR count). The second-order valence-corrected chi connectivity index (χ2v) is 6.24. The van der Waals surface area contributed by atoms with Crippen LogP contribution < -0.4 is 0 Å². The minimum atomic E-state index is 1.06. The highest BCUT2D eigenvalue weighted by atomic mass is 127. The summed E-state index contributed by atoms with van der Waals surface area (Å²) in [6, 6.07) is 13.3. The summed E-state index contributed by atoms with van der Waals surface area (Å²) in [5.41, 5.74) is 5.87. The van der Waals surface area contributed by atoms with E-state index >= 15 is 0 Å². The summed E-state index contributed by atoms with van der Waals surface area (Å²) in [5, 5.41) is 0. The second-order valence-electron chi connectivity index (χ2n) is 4.14.